The normalized spacial score (nSPS) is 20.2. The van der Waals surface area contributed by atoms with Crippen LogP contribution < -0.4 is 5.32 Å². The third kappa shape index (κ3) is 5.47. The highest BCUT2D eigenvalue weighted by Gasteiger charge is 2.16. The Bertz CT molecular complexity index is 377. The Balaban J connectivity index is 1.76. The summed E-state index contributed by atoms with van der Waals surface area (Å²) in [6.45, 7) is 10.3. The predicted octanol–water partition coefficient (Wildman–Crippen LogP) is 3.17. The molecule has 1 aliphatic heterocycles. The van der Waals surface area contributed by atoms with Gasteiger partial charge in [0, 0.05) is 30.6 Å². The van der Waals surface area contributed by atoms with Crippen LogP contribution in [0.3, 0.4) is 0 Å². The molecule has 2 rings (SSSR count). The molecule has 1 fully saturated rings. The van der Waals surface area contributed by atoms with E-state index >= 15 is 0 Å². The highest BCUT2D eigenvalue weighted by atomic mass is 32.2. The monoisotopic (exact) mass is 292 g/mol. The molecule has 2 nitrogen and oxygen atoms in total. The maximum Gasteiger partial charge on any atom is 0.0234 e. The molecule has 0 amide bonds. The molecular formula is C17H28N2S. The molecule has 0 saturated carbocycles. The summed E-state index contributed by atoms with van der Waals surface area (Å²) in [7, 11) is 0. The number of nitrogens with zero attached hydrogens (tertiary/aromatic N) is 1. The molecule has 112 valence electrons. The fraction of sp³-hybridized carbons (Fsp3) is 0.647. The SMILES string of the molecule is CCCNCCc1ccc(CN2CCSC(C)C2)cc1. The summed E-state index contributed by atoms with van der Waals surface area (Å²) in [5, 5.41) is 4.24. The number of hydrogen-bond acceptors (Lipinski definition) is 3. The molecule has 0 aliphatic carbocycles. The van der Waals surface area contributed by atoms with E-state index in [9.17, 15) is 0 Å². The van der Waals surface area contributed by atoms with Crippen molar-refractivity contribution in [3.05, 3.63) is 35.4 Å². The third-order valence-electron chi connectivity index (χ3n) is 3.77. The topological polar surface area (TPSA) is 15.3 Å². The molecule has 0 spiro atoms. The summed E-state index contributed by atoms with van der Waals surface area (Å²) in [5.41, 5.74) is 2.90. The second-order valence-corrected chi connectivity index (χ2v) is 7.28. The van der Waals surface area contributed by atoms with Gasteiger partial charge in [-0.15, -0.1) is 0 Å². The number of hydrogen-bond donors (Lipinski definition) is 1. The number of rotatable bonds is 7. The van der Waals surface area contributed by atoms with Crippen LogP contribution in [0.25, 0.3) is 0 Å². The lowest BCUT2D eigenvalue weighted by Crippen LogP contribution is -2.35. The van der Waals surface area contributed by atoms with Crippen LogP contribution in [0.4, 0.5) is 0 Å². The fourth-order valence-corrected chi connectivity index (χ4v) is 3.72. The zero-order valence-electron chi connectivity index (χ0n) is 12.9. The molecule has 0 aromatic heterocycles. The third-order valence-corrected chi connectivity index (χ3v) is 4.91. The van der Waals surface area contributed by atoms with Crippen LogP contribution in [0.15, 0.2) is 24.3 Å². The lowest BCUT2D eigenvalue weighted by atomic mass is 10.1. The zero-order chi connectivity index (χ0) is 14.2. The number of benzene rings is 1. The molecule has 1 aromatic carbocycles. The van der Waals surface area contributed by atoms with E-state index in [1.807, 2.05) is 0 Å². The smallest absolute Gasteiger partial charge is 0.0234 e. The molecular weight excluding hydrogens is 264 g/mol. The average Bonchev–Trinajstić information content (AvgIpc) is 2.45. The van der Waals surface area contributed by atoms with Crippen LogP contribution >= 0.6 is 11.8 Å². The average molecular weight is 292 g/mol. The molecule has 0 bridgehead atoms. The molecule has 20 heavy (non-hydrogen) atoms. The van der Waals surface area contributed by atoms with E-state index in [2.05, 4.69) is 60.1 Å². The van der Waals surface area contributed by atoms with Gasteiger partial charge in [0.25, 0.3) is 0 Å². The van der Waals surface area contributed by atoms with Crippen LogP contribution in [0.2, 0.25) is 0 Å². The molecule has 0 radical (unpaired) electrons. The van der Waals surface area contributed by atoms with Crippen molar-refractivity contribution in [1.82, 2.24) is 10.2 Å². The molecule has 1 aromatic rings. The molecule has 1 heterocycles. The Labute approximate surface area is 128 Å². The second-order valence-electron chi connectivity index (χ2n) is 5.73. The lowest BCUT2D eigenvalue weighted by Gasteiger charge is -2.30. The maximum atomic E-state index is 3.46. The van der Waals surface area contributed by atoms with E-state index in [4.69, 9.17) is 0 Å². The van der Waals surface area contributed by atoms with Crippen molar-refractivity contribution in [2.75, 3.05) is 31.9 Å². The summed E-state index contributed by atoms with van der Waals surface area (Å²) in [4.78, 5) is 2.58. The highest BCUT2D eigenvalue weighted by Crippen LogP contribution is 2.19. The first-order valence-corrected chi connectivity index (χ1v) is 8.95. The zero-order valence-corrected chi connectivity index (χ0v) is 13.7. The van der Waals surface area contributed by atoms with Crippen molar-refractivity contribution in [2.45, 2.75) is 38.5 Å². The fourth-order valence-electron chi connectivity index (χ4n) is 2.64. The minimum atomic E-state index is 0.785. The highest BCUT2D eigenvalue weighted by molar-refractivity contribution is 7.99. The van der Waals surface area contributed by atoms with Gasteiger partial charge in [-0.3, -0.25) is 4.90 Å². The standard InChI is InChI=1S/C17H28N2S/c1-3-9-18-10-8-16-4-6-17(7-5-16)14-19-11-12-20-15(2)13-19/h4-7,15,18H,3,8-14H2,1-2H3. The van der Waals surface area contributed by atoms with Crippen LogP contribution in [0.5, 0.6) is 0 Å². The number of thioether (sulfide) groups is 1. The Morgan fingerprint density at radius 1 is 1.20 bits per heavy atom. The Morgan fingerprint density at radius 2 is 1.95 bits per heavy atom. The Morgan fingerprint density at radius 3 is 2.65 bits per heavy atom. The van der Waals surface area contributed by atoms with Crippen molar-refractivity contribution in [3.8, 4) is 0 Å². The van der Waals surface area contributed by atoms with Gasteiger partial charge in [-0.2, -0.15) is 11.8 Å². The van der Waals surface area contributed by atoms with Crippen molar-refractivity contribution in [2.24, 2.45) is 0 Å². The van der Waals surface area contributed by atoms with Crippen LogP contribution in [-0.2, 0) is 13.0 Å². The lowest BCUT2D eigenvalue weighted by molar-refractivity contribution is 0.278. The Hall–Kier alpha value is -0.510. The van der Waals surface area contributed by atoms with E-state index < -0.39 is 0 Å². The van der Waals surface area contributed by atoms with Gasteiger partial charge in [0.15, 0.2) is 0 Å². The van der Waals surface area contributed by atoms with Gasteiger partial charge >= 0.3 is 0 Å². The van der Waals surface area contributed by atoms with Crippen molar-refractivity contribution >= 4 is 11.8 Å². The van der Waals surface area contributed by atoms with Gasteiger partial charge in [-0.05, 0) is 37.1 Å². The molecule has 1 saturated heterocycles. The summed E-state index contributed by atoms with van der Waals surface area (Å²) in [6.07, 6.45) is 2.35. The van der Waals surface area contributed by atoms with E-state index in [1.54, 1.807) is 0 Å². The number of nitrogens with one attached hydrogen (secondary N) is 1. The van der Waals surface area contributed by atoms with Gasteiger partial charge in [-0.25, -0.2) is 0 Å². The van der Waals surface area contributed by atoms with Gasteiger partial charge in [-0.1, -0.05) is 38.1 Å². The minimum absolute atomic E-state index is 0.785. The summed E-state index contributed by atoms with van der Waals surface area (Å²) < 4.78 is 0. The second kappa shape index (κ2) is 8.71. The van der Waals surface area contributed by atoms with Gasteiger partial charge < -0.3 is 5.32 Å². The van der Waals surface area contributed by atoms with Crippen LogP contribution in [-0.4, -0.2) is 42.1 Å². The van der Waals surface area contributed by atoms with E-state index in [0.29, 0.717) is 0 Å². The molecule has 1 aliphatic rings. The largest absolute Gasteiger partial charge is 0.316 e. The van der Waals surface area contributed by atoms with E-state index in [0.717, 1.165) is 31.3 Å². The van der Waals surface area contributed by atoms with Crippen LogP contribution in [0.1, 0.15) is 31.4 Å². The Kier molecular flexibility index (Phi) is 6.91. The van der Waals surface area contributed by atoms with E-state index in [1.165, 1.54) is 36.4 Å². The maximum absolute atomic E-state index is 3.46. The van der Waals surface area contributed by atoms with Crippen molar-refractivity contribution in [1.29, 1.82) is 0 Å². The van der Waals surface area contributed by atoms with Gasteiger partial charge in [0.1, 0.15) is 0 Å². The predicted molar refractivity (Wildman–Crippen MR) is 90.5 cm³/mol. The van der Waals surface area contributed by atoms with Crippen molar-refractivity contribution < 1.29 is 0 Å². The minimum Gasteiger partial charge on any atom is -0.316 e. The summed E-state index contributed by atoms with van der Waals surface area (Å²) >= 11 is 2.10. The first-order valence-electron chi connectivity index (χ1n) is 7.90. The van der Waals surface area contributed by atoms with Gasteiger partial charge in [0.2, 0.25) is 0 Å². The summed E-state index contributed by atoms with van der Waals surface area (Å²) in [5.74, 6) is 1.28. The van der Waals surface area contributed by atoms with Crippen molar-refractivity contribution in [3.63, 3.8) is 0 Å². The van der Waals surface area contributed by atoms with E-state index in [-0.39, 0.29) is 0 Å². The molecule has 1 atom stereocenters. The molecule has 1 N–H and O–H groups in total. The first-order chi connectivity index (χ1) is 9.78. The first kappa shape index (κ1) is 15.9. The molecule has 1 unspecified atom stereocenters. The quantitative estimate of drug-likeness (QED) is 0.777. The molecule has 3 heteroatoms. The van der Waals surface area contributed by atoms with Gasteiger partial charge in [0.05, 0.1) is 0 Å². The van der Waals surface area contributed by atoms with Crippen LogP contribution in [0, 0.1) is 0 Å². The summed E-state index contributed by atoms with van der Waals surface area (Å²) in [6, 6.07) is 9.21.